The minimum atomic E-state index is 0.674. The first-order valence-electron chi connectivity index (χ1n) is 4.85. The molecule has 3 N–H and O–H groups in total. The normalized spacial score (nSPS) is 25.2. The molecule has 0 radical (unpaired) electrons. The van der Waals surface area contributed by atoms with Crippen molar-refractivity contribution < 1.29 is 10.1 Å². The highest BCUT2D eigenvalue weighted by Crippen LogP contribution is 2.07. The summed E-state index contributed by atoms with van der Waals surface area (Å²) in [6.45, 7) is 4.00. The predicted octanol–water partition coefficient (Wildman–Crippen LogP) is -0.500. The molecule has 1 unspecified atom stereocenters. The van der Waals surface area contributed by atoms with Gasteiger partial charge in [0.2, 0.25) is 0 Å². The molecule has 0 aliphatic carbocycles. The molecule has 1 rings (SSSR count). The first kappa shape index (κ1) is 9.96. The second kappa shape index (κ2) is 6.40. The van der Waals surface area contributed by atoms with Crippen LogP contribution in [0.3, 0.4) is 0 Å². The maximum atomic E-state index is 5.37. The average Bonchev–Trinajstić information content (AvgIpc) is 2.33. The van der Waals surface area contributed by atoms with E-state index < -0.39 is 0 Å². The van der Waals surface area contributed by atoms with Gasteiger partial charge in [0, 0.05) is 25.8 Å². The summed E-state index contributed by atoms with van der Waals surface area (Å²) in [4.78, 5) is 0. The van der Waals surface area contributed by atoms with Gasteiger partial charge in [0.25, 0.3) is 0 Å². The van der Waals surface area contributed by atoms with Gasteiger partial charge in [-0.15, -0.1) is 0 Å². The molecule has 12 heavy (non-hydrogen) atoms. The first-order valence-corrected chi connectivity index (χ1v) is 4.85. The third-order valence-corrected chi connectivity index (χ3v) is 2.23. The van der Waals surface area contributed by atoms with Crippen LogP contribution in [0.4, 0.5) is 0 Å². The third kappa shape index (κ3) is 4.04. The summed E-state index contributed by atoms with van der Waals surface area (Å²) in [6.07, 6.45) is 3.63. The number of nitrogens with one attached hydrogen (secondary N) is 1. The molecule has 1 fully saturated rings. The molecule has 72 valence electrons. The van der Waals surface area contributed by atoms with E-state index in [4.69, 9.17) is 4.74 Å². The zero-order valence-electron chi connectivity index (χ0n) is 7.72. The Balaban J connectivity index is 2.04. The summed E-state index contributed by atoms with van der Waals surface area (Å²) < 4.78 is 5.37. The smallest absolute Gasteiger partial charge is 0.0642 e. The minimum Gasteiger partial charge on any atom is -0.478 e. The van der Waals surface area contributed by atoms with Crippen LogP contribution in [0.1, 0.15) is 19.3 Å². The molecule has 1 saturated heterocycles. The van der Waals surface area contributed by atoms with E-state index in [-0.39, 0.29) is 0 Å². The number of ether oxygens (including phenoxy) is 1. The quantitative estimate of drug-likeness (QED) is 0.443. The predicted molar refractivity (Wildman–Crippen MR) is 48.6 cm³/mol. The lowest BCUT2D eigenvalue weighted by Crippen LogP contribution is -2.78. The van der Waals surface area contributed by atoms with Crippen molar-refractivity contribution in [2.24, 2.45) is 0 Å². The van der Waals surface area contributed by atoms with Gasteiger partial charge >= 0.3 is 0 Å². The molecule has 0 aromatic rings. The van der Waals surface area contributed by atoms with Crippen molar-refractivity contribution in [3.63, 3.8) is 0 Å². The Morgan fingerprint density at radius 3 is 3.17 bits per heavy atom. The third-order valence-electron chi connectivity index (χ3n) is 2.23. The molecule has 1 atom stereocenters. The zero-order chi connectivity index (χ0) is 8.65. The van der Waals surface area contributed by atoms with Crippen LogP contribution in [0.2, 0.25) is 0 Å². The van der Waals surface area contributed by atoms with Crippen molar-refractivity contribution in [1.29, 1.82) is 0 Å². The molecule has 1 aliphatic rings. The molecule has 0 amide bonds. The van der Waals surface area contributed by atoms with E-state index >= 15 is 0 Å². The van der Waals surface area contributed by atoms with E-state index in [9.17, 15) is 0 Å². The minimum absolute atomic E-state index is 0.674. The second-order valence-electron chi connectivity index (χ2n) is 3.27. The second-order valence-corrected chi connectivity index (χ2v) is 3.27. The number of hydrogen-bond donors (Lipinski definition) is 2. The first-order chi connectivity index (χ1) is 5.93. The van der Waals surface area contributed by atoms with E-state index in [1.807, 2.05) is 5.32 Å². The van der Waals surface area contributed by atoms with E-state index in [0.29, 0.717) is 6.04 Å². The Morgan fingerprint density at radius 1 is 1.42 bits per heavy atom. The van der Waals surface area contributed by atoms with Gasteiger partial charge in [-0.1, -0.05) is 0 Å². The number of nitrogens with two attached hydrogens (primary N) is 1. The lowest BCUT2D eigenvalue weighted by Gasteiger charge is -2.14. The highest BCUT2D eigenvalue weighted by atomic mass is 16.5. The molecular weight excluding hydrogens is 152 g/mol. The summed E-state index contributed by atoms with van der Waals surface area (Å²) in [5.74, 6) is 0. The Bertz CT molecular complexity index is 101. The largest absolute Gasteiger partial charge is 0.478 e. The fourth-order valence-corrected chi connectivity index (χ4v) is 1.50. The summed E-state index contributed by atoms with van der Waals surface area (Å²) in [5.41, 5.74) is 0. The molecule has 0 aromatic heterocycles. The molecular formula is C9H20N2O. The van der Waals surface area contributed by atoms with Crippen molar-refractivity contribution in [2.75, 3.05) is 26.3 Å². The Hall–Kier alpha value is -0.120. The SMILES string of the molecule is [CH2-][NH2+]CCNC1CCCOCC1. The summed E-state index contributed by atoms with van der Waals surface area (Å²) in [5, 5.41) is 5.47. The van der Waals surface area contributed by atoms with Crippen molar-refractivity contribution >= 4 is 0 Å². The van der Waals surface area contributed by atoms with Crippen molar-refractivity contribution in [2.45, 2.75) is 25.3 Å². The van der Waals surface area contributed by atoms with E-state index in [1.54, 1.807) is 0 Å². The topological polar surface area (TPSA) is 37.9 Å². The number of quaternary nitrogens is 1. The average molecular weight is 172 g/mol. The van der Waals surface area contributed by atoms with Gasteiger partial charge in [-0.25, -0.2) is 0 Å². The van der Waals surface area contributed by atoms with Gasteiger partial charge in [0.05, 0.1) is 6.54 Å². The summed E-state index contributed by atoms with van der Waals surface area (Å²) in [7, 11) is 3.70. The van der Waals surface area contributed by atoms with Gasteiger partial charge in [-0.05, 0) is 19.3 Å². The summed E-state index contributed by atoms with van der Waals surface area (Å²) >= 11 is 0. The van der Waals surface area contributed by atoms with Crippen LogP contribution < -0.4 is 10.6 Å². The van der Waals surface area contributed by atoms with Crippen LogP contribution in [0.15, 0.2) is 0 Å². The van der Waals surface area contributed by atoms with Crippen LogP contribution in [-0.2, 0) is 4.74 Å². The standard InChI is InChI=1S/C9H20N2O/c1-10-5-6-11-9-3-2-7-12-8-4-9/h9,11H,1-8,10H2. The molecule has 0 aromatic carbocycles. The summed E-state index contributed by atoms with van der Waals surface area (Å²) in [6, 6.07) is 0.674. The van der Waals surface area contributed by atoms with Crippen LogP contribution in [0.5, 0.6) is 0 Å². The fourth-order valence-electron chi connectivity index (χ4n) is 1.50. The Labute approximate surface area is 74.9 Å². The van der Waals surface area contributed by atoms with Gasteiger partial charge in [0.1, 0.15) is 0 Å². The van der Waals surface area contributed by atoms with Crippen LogP contribution >= 0.6 is 0 Å². The highest BCUT2D eigenvalue weighted by Gasteiger charge is 2.10. The molecule has 3 nitrogen and oxygen atoms in total. The van der Waals surface area contributed by atoms with Gasteiger partial charge < -0.3 is 15.4 Å². The fraction of sp³-hybridized carbons (Fsp3) is 0.889. The monoisotopic (exact) mass is 172 g/mol. The molecule has 1 heterocycles. The van der Waals surface area contributed by atoms with Gasteiger partial charge in [0.15, 0.2) is 0 Å². The lowest BCUT2D eigenvalue weighted by atomic mass is 10.1. The zero-order valence-corrected chi connectivity index (χ0v) is 7.72. The van der Waals surface area contributed by atoms with Crippen molar-refractivity contribution in [3.05, 3.63) is 7.05 Å². The molecule has 1 aliphatic heterocycles. The lowest BCUT2D eigenvalue weighted by molar-refractivity contribution is -0.593. The van der Waals surface area contributed by atoms with E-state index in [0.717, 1.165) is 32.7 Å². The van der Waals surface area contributed by atoms with Gasteiger partial charge in [-0.3, -0.25) is 0 Å². The molecule has 0 spiro atoms. The maximum Gasteiger partial charge on any atom is 0.0642 e. The maximum absolute atomic E-state index is 5.37. The Morgan fingerprint density at radius 2 is 2.33 bits per heavy atom. The molecule has 0 saturated carbocycles. The van der Waals surface area contributed by atoms with Crippen LogP contribution in [0.25, 0.3) is 0 Å². The number of rotatable bonds is 4. The highest BCUT2D eigenvalue weighted by molar-refractivity contribution is 4.68. The van der Waals surface area contributed by atoms with Crippen LogP contribution in [0, 0.1) is 7.05 Å². The number of hydrogen-bond acceptors (Lipinski definition) is 2. The van der Waals surface area contributed by atoms with E-state index in [1.165, 1.54) is 12.8 Å². The van der Waals surface area contributed by atoms with E-state index in [2.05, 4.69) is 12.4 Å². The molecule has 0 bridgehead atoms. The molecule has 3 heteroatoms. The Kier molecular flexibility index (Phi) is 5.32. The van der Waals surface area contributed by atoms with Crippen LogP contribution in [-0.4, -0.2) is 32.3 Å². The van der Waals surface area contributed by atoms with Gasteiger partial charge in [-0.2, -0.15) is 7.05 Å². The van der Waals surface area contributed by atoms with Crippen molar-refractivity contribution in [1.82, 2.24) is 5.32 Å². The van der Waals surface area contributed by atoms with Crippen molar-refractivity contribution in [3.8, 4) is 0 Å².